The molecule has 4 rings (SSSR count). The van der Waals surface area contributed by atoms with Crippen LogP contribution in [0.1, 0.15) is 68.6 Å². The van der Waals surface area contributed by atoms with Gasteiger partial charge in [-0.25, -0.2) is 13.2 Å². The molecule has 3 nitrogen and oxygen atoms in total. The zero-order valence-electron chi connectivity index (χ0n) is 22.0. The largest absolute Gasteiger partial charge is 0.494 e. The molecule has 0 aromatic heterocycles. The van der Waals surface area contributed by atoms with Crippen molar-refractivity contribution in [1.29, 1.82) is 0 Å². The molecule has 3 aromatic rings. The molecule has 0 saturated carbocycles. The SMILES string of the molecule is CCCCOc1ccc(-c2ccc(C3CCC(/C=C/c4ccc(OCC)cc4)OC3)c(F)c2C(F)F)cc1. The number of unbranched alkanes of at least 4 members (excludes halogenated alkanes) is 1. The lowest BCUT2D eigenvalue weighted by Crippen LogP contribution is -2.24. The zero-order valence-corrected chi connectivity index (χ0v) is 22.0. The predicted molar refractivity (Wildman–Crippen MR) is 146 cm³/mol. The highest BCUT2D eigenvalue weighted by Gasteiger charge is 2.28. The van der Waals surface area contributed by atoms with E-state index in [0.717, 1.165) is 24.2 Å². The average Bonchev–Trinajstić information content (AvgIpc) is 2.93. The van der Waals surface area contributed by atoms with Crippen molar-refractivity contribution in [2.24, 2.45) is 0 Å². The topological polar surface area (TPSA) is 27.7 Å². The predicted octanol–water partition coefficient (Wildman–Crippen LogP) is 8.98. The molecule has 0 N–H and O–H groups in total. The minimum atomic E-state index is -2.93. The summed E-state index contributed by atoms with van der Waals surface area (Å²) in [7, 11) is 0. The second-order valence-electron chi connectivity index (χ2n) is 9.46. The lowest BCUT2D eigenvalue weighted by atomic mass is 9.87. The van der Waals surface area contributed by atoms with Crippen LogP contribution in [0.25, 0.3) is 17.2 Å². The van der Waals surface area contributed by atoms with Crippen LogP contribution >= 0.6 is 0 Å². The standard InChI is InChI=1S/C32H35F3O3/c1-3-5-20-37-26-15-9-23(10-16-26)28-18-19-29(31(33)30(28)32(34)35)24-11-17-27(38-21-24)14-8-22-6-12-25(13-7-22)36-4-2/h6-10,12-16,18-19,24,27,32H,3-5,11,17,20-21H2,1-2H3/b14-8+. The normalized spacial score (nSPS) is 17.7. The van der Waals surface area contributed by atoms with E-state index in [-0.39, 0.29) is 29.8 Å². The zero-order chi connectivity index (χ0) is 26.9. The minimum Gasteiger partial charge on any atom is -0.494 e. The van der Waals surface area contributed by atoms with Gasteiger partial charge < -0.3 is 14.2 Å². The lowest BCUT2D eigenvalue weighted by molar-refractivity contribution is 0.0322. The minimum absolute atomic E-state index is 0.104. The van der Waals surface area contributed by atoms with E-state index in [1.807, 2.05) is 43.3 Å². The van der Waals surface area contributed by atoms with Crippen LogP contribution in [0.15, 0.2) is 66.7 Å². The Hall–Kier alpha value is -3.25. The number of ether oxygens (including phenoxy) is 3. The van der Waals surface area contributed by atoms with E-state index in [1.54, 1.807) is 36.4 Å². The van der Waals surface area contributed by atoms with E-state index >= 15 is 4.39 Å². The molecule has 0 radical (unpaired) electrons. The third-order valence-corrected chi connectivity index (χ3v) is 6.81. The number of hydrogen-bond donors (Lipinski definition) is 0. The Morgan fingerprint density at radius 3 is 2.26 bits per heavy atom. The first-order valence-corrected chi connectivity index (χ1v) is 13.4. The molecule has 2 atom stereocenters. The first kappa shape index (κ1) is 27.8. The fourth-order valence-corrected chi connectivity index (χ4v) is 4.68. The number of alkyl halides is 2. The van der Waals surface area contributed by atoms with Gasteiger partial charge in [0.15, 0.2) is 0 Å². The van der Waals surface area contributed by atoms with E-state index in [4.69, 9.17) is 14.2 Å². The second-order valence-corrected chi connectivity index (χ2v) is 9.46. The van der Waals surface area contributed by atoms with Gasteiger partial charge in [-0.15, -0.1) is 0 Å². The van der Waals surface area contributed by atoms with Crippen LogP contribution in [0.2, 0.25) is 0 Å². The van der Waals surface area contributed by atoms with E-state index in [1.165, 1.54) is 0 Å². The Bertz CT molecular complexity index is 1180. The smallest absolute Gasteiger partial charge is 0.267 e. The van der Waals surface area contributed by atoms with Crippen molar-refractivity contribution in [3.05, 3.63) is 89.2 Å². The van der Waals surface area contributed by atoms with Gasteiger partial charge in [-0.1, -0.05) is 61.9 Å². The number of rotatable bonds is 11. The molecule has 38 heavy (non-hydrogen) atoms. The number of benzene rings is 3. The van der Waals surface area contributed by atoms with Gasteiger partial charge in [0.25, 0.3) is 6.43 Å². The Morgan fingerprint density at radius 2 is 1.63 bits per heavy atom. The molecule has 0 amide bonds. The molecule has 1 aliphatic rings. The maximum Gasteiger partial charge on any atom is 0.267 e. The van der Waals surface area contributed by atoms with Gasteiger partial charge in [0.05, 0.1) is 31.5 Å². The van der Waals surface area contributed by atoms with E-state index in [0.29, 0.717) is 37.4 Å². The van der Waals surface area contributed by atoms with Crippen molar-refractivity contribution in [2.75, 3.05) is 19.8 Å². The first-order chi connectivity index (χ1) is 18.5. The van der Waals surface area contributed by atoms with Gasteiger partial charge in [-0.3, -0.25) is 0 Å². The Kier molecular flexibility index (Phi) is 9.88. The summed E-state index contributed by atoms with van der Waals surface area (Å²) in [6, 6.07) is 17.9. The van der Waals surface area contributed by atoms with Crippen LogP contribution in [-0.4, -0.2) is 25.9 Å². The number of hydrogen-bond acceptors (Lipinski definition) is 3. The molecule has 0 bridgehead atoms. The van der Waals surface area contributed by atoms with E-state index in [2.05, 4.69) is 6.92 Å². The molecule has 0 spiro atoms. The molecular weight excluding hydrogens is 489 g/mol. The van der Waals surface area contributed by atoms with E-state index < -0.39 is 17.8 Å². The molecule has 2 unspecified atom stereocenters. The highest BCUT2D eigenvalue weighted by Crippen LogP contribution is 2.39. The van der Waals surface area contributed by atoms with Crippen LogP contribution in [0.5, 0.6) is 11.5 Å². The summed E-state index contributed by atoms with van der Waals surface area (Å²) in [4.78, 5) is 0. The molecule has 202 valence electrons. The highest BCUT2D eigenvalue weighted by atomic mass is 19.3. The summed E-state index contributed by atoms with van der Waals surface area (Å²) in [5.41, 5.74) is 1.50. The average molecular weight is 525 g/mol. The van der Waals surface area contributed by atoms with Gasteiger partial charge >= 0.3 is 0 Å². The third-order valence-electron chi connectivity index (χ3n) is 6.81. The van der Waals surface area contributed by atoms with Crippen LogP contribution in [0.4, 0.5) is 13.2 Å². The van der Waals surface area contributed by atoms with Gasteiger partial charge in [-0.05, 0) is 72.7 Å². The maximum absolute atomic E-state index is 15.5. The van der Waals surface area contributed by atoms with Gasteiger partial charge in [0, 0.05) is 5.92 Å². The van der Waals surface area contributed by atoms with Crippen LogP contribution < -0.4 is 9.47 Å². The highest BCUT2D eigenvalue weighted by molar-refractivity contribution is 5.69. The first-order valence-electron chi connectivity index (χ1n) is 13.4. The Balaban J connectivity index is 1.43. The summed E-state index contributed by atoms with van der Waals surface area (Å²) in [6.45, 7) is 5.52. The fraction of sp³-hybridized carbons (Fsp3) is 0.375. The summed E-state index contributed by atoms with van der Waals surface area (Å²) in [6.07, 6.45) is 4.25. The molecular formula is C32H35F3O3. The molecule has 3 aromatic carbocycles. The quantitative estimate of drug-likeness (QED) is 0.234. The number of halogens is 3. The Morgan fingerprint density at radius 1 is 0.921 bits per heavy atom. The summed E-state index contributed by atoms with van der Waals surface area (Å²) >= 11 is 0. The van der Waals surface area contributed by atoms with E-state index in [9.17, 15) is 8.78 Å². The lowest BCUT2D eigenvalue weighted by Gasteiger charge is -2.28. The molecule has 1 aliphatic heterocycles. The molecule has 1 heterocycles. The summed E-state index contributed by atoms with van der Waals surface area (Å²) < 4.78 is 60.8. The van der Waals surface area contributed by atoms with Crippen LogP contribution in [-0.2, 0) is 4.74 Å². The van der Waals surface area contributed by atoms with Crippen molar-refractivity contribution < 1.29 is 27.4 Å². The van der Waals surface area contributed by atoms with Gasteiger partial charge in [-0.2, -0.15) is 0 Å². The van der Waals surface area contributed by atoms with Crippen molar-refractivity contribution in [1.82, 2.24) is 0 Å². The molecule has 1 saturated heterocycles. The van der Waals surface area contributed by atoms with Crippen molar-refractivity contribution in [3.8, 4) is 22.6 Å². The summed E-state index contributed by atoms with van der Waals surface area (Å²) in [5.74, 6) is 0.387. The molecule has 6 heteroatoms. The van der Waals surface area contributed by atoms with Crippen molar-refractivity contribution in [2.45, 2.75) is 58.0 Å². The molecule has 1 fully saturated rings. The second kappa shape index (κ2) is 13.5. The van der Waals surface area contributed by atoms with Crippen molar-refractivity contribution >= 4 is 6.08 Å². The van der Waals surface area contributed by atoms with Crippen LogP contribution in [0, 0.1) is 5.82 Å². The summed E-state index contributed by atoms with van der Waals surface area (Å²) in [5, 5.41) is 0. The fourth-order valence-electron chi connectivity index (χ4n) is 4.68. The maximum atomic E-state index is 15.5. The van der Waals surface area contributed by atoms with Gasteiger partial charge in [0.1, 0.15) is 17.3 Å². The third kappa shape index (κ3) is 6.98. The van der Waals surface area contributed by atoms with Crippen molar-refractivity contribution in [3.63, 3.8) is 0 Å². The van der Waals surface area contributed by atoms with Crippen LogP contribution in [0.3, 0.4) is 0 Å². The Labute approximate surface area is 223 Å². The van der Waals surface area contributed by atoms with Gasteiger partial charge in [0.2, 0.25) is 0 Å². The molecule has 0 aliphatic carbocycles. The monoisotopic (exact) mass is 524 g/mol.